The predicted octanol–water partition coefficient (Wildman–Crippen LogP) is 3.51. The van der Waals surface area contributed by atoms with Gasteiger partial charge in [0.05, 0.1) is 18.5 Å². The molecule has 0 amide bonds. The summed E-state index contributed by atoms with van der Waals surface area (Å²) in [7, 11) is 1.66. The number of nitrogen functional groups attached to an aromatic ring is 1. The van der Waals surface area contributed by atoms with Crippen LogP contribution >= 0.6 is 0 Å². The number of ether oxygens (including phenoxy) is 1. The van der Waals surface area contributed by atoms with Gasteiger partial charge in [-0.15, -0.1) is 0 Å². The van der Waals surface area contributed by atoms with Crippen molar-refractivity contribution in [1.29, 1.82) is 0 Å². The van der Waals surface area contributed by atoms with E-state index in [1.165, 1.54) is 19.3 Å². The van der Waals surface area contributed by atoms with Crippen LogP contribution in [0.15, 0.2) is 18.2 Å². The molecule has 1 aromatic carbocycles. The van der Waals surface area contributed by atoms with Gasteiger partial charge in [0.15, 0.2) is 0 Å². The molecule has 0 aliphatic heterocycles. The van der Waals surface area contributed by atoms with Crippen molar-refractivity contribution in [2.24, 2.45) is 11.8 Å². The molecular weight excluding hydrogens is 224 g/mol. The maximum absolute atomic E-state index is 6.03. The Hall–Kier alpha value is -1.38. The Morgan fingerprint density at radius 3 is 2.61 bits per heavy atom. The van der Waals surface area contributed by atoms with Gasteiger partial charge in [0, 0.05) is 12.1 Å². The molecule has 0 radical (unpaired) electrons. The first-order chi connectivity index (χ1) is 8.60. The molecule has 100 valence electrons. The Bertz CT molecular complexity index is 405. The van der Waals surface area contributed by atoms with E-state index in [0.717, 1.165) is 29.0 Å². The molecule has 3 unspecified atom stereocenters. The Morgan fingerprint density at radius 1 is 1.22 bits per heavy atom. The fourth-order valence-electron chi connectivity index (χ4n) is 2.70. The van der Waals surface area contributed by atoms with E-state index in [1.807, 2.05) is 18.2 Å². The normalized spacial score (nSPS) is 27.8. The highest BCUT2D eigenvalue weighted by Gasteiger charge is 2.24. The minimum Gasteiger partial charge on any atom is -0.497 e. The Labute approximate surface area is 110 Å². The summed E-state index contributed by atoms with van der Waals surface area (Å²) >= 11 is 0. The van der Waals surface area contributed by atoms with Crippen LogP contribution in [0.25, 0.3) is 0 Å². The van der Waals surface area contributed by atoms with E-state index >= 15 is 0 Å². The Balaban J connectivity index is 2.01. The predicted molar refractivity (Wildman–Crippen MR) is 77.0 cm³/mol. The molecule has 18 heavy (non-hydrogen) atoms. The van der Waals surface area contributed by atoms with E-state index in [-0.39, 0.29) is 0 Å². The zero-order chi connectivity index (χ0) is 13.1. The molecule has 3 N–H and O–H groups in total. The smallest absolute Gasteiger partial charge is 0.121 e. The van der Waals surface area contributed by atoms with Crippen LogP contribution in [-0.4, -0.2) is 13.2 Å². The molecule has 3 atom stereocenters. The monoisotopic (exact) mass is 248 g/mol. The van der Waals surface area contributed by atoms with Crippen molar-refractivity contribution in [3.8, 4) is 5.75 Å². The molecule has 0 spiro atoms. The van der Waals surface area contributed by atoms with Crippen molar-refractivity contribution in [2.75, 3.05) is 18.2 Å². The molecule has 3 nitrogen and oxygen atoms in total. The second kappa shape index (κ2) is 5.51. The summed E-state index contributed by atoms with van der Waals surface area (Å²) in [6, 6.07) is 6.38. The van der Waals surface area contributed by atoms with E-state index in [2.05, 4.69) is 19.2 Å². The van der Waals surface area contributed by atoms with Gasteiger partial charge in [-0.1, -0.05) is 13.8 Å². The lowest BCUT2D eigenvalue weighted by Gasteiger charge is -2.33. The highest BCUT2D eigenvalue weighted by molar-refractivity contribution is 5.68. The number of hydrogen-bond acceptors (Lipinski definition) is 3. The van der Waals surface area contributed by atoms with Crippen LogP contribution in [0, 0.1) is 11.8 Å². The van der Waals surface area contributed by atoms with Gasteiger partial charge in [0.25, 0.3) is 0 Å². The average molecular weight is 248 g/mol. The van der Waals surface area contributed by atoms with E-state index in [0.29, 0.717) is 6.04 Å². The summed E-state index contributed by atoms with van der Waals surface area (Å²) < 4.78 is 5.16. The van der Waals surface area contributed by atoms with Gasteiger partial charge >= 0.3 is 0 Å². The van der Waals surface area contributed by atoms with Crippen LogP contribution in [0.4, 0.5) is 11.4 Å². The molecule has 1 fully saturated rings. The van der Waals surface area contributed by atoms with Gasteiger partial charge < -0.3 is 15.8 Å². The van der Waals surface area contributed by atoms with Gasteiger partial charge in [0.2, 0.25) is 0 Å². The zero-order valence-corrected chi connectivity index (χ0v) is 11.6. The van der Waals surface area contributed by atoms with Crippen LogP contribution in [-0.2, 0) is 0 Å². The molecule has 0 saturated heterocycles. The molecule has 1 aliphatic carbocycles. The van der Waals surface area contributed by atoms with Crippen LogP contribution in [0.2, 0.25) is 0 Å². The molecule has 2 rings (SSSR count). The van der Waals surface area contributed by atoms with Crippen molar-refractivity contribution >= 4 is 11.4 Å². The molecule has 1 saturated carbocycles. The third kappa shape index (κ3) is 2.89. The second-order valence-electron chi connectivity index (χ2n) is 5.56. The van der Waals surface area contributed by atoms with Crippen LogP contribution in [0.5, 0.6) is 5.75 Å². The number of methoxy groups -OCH3 is 1. The molecule has 1 aliphatic rings. The second-order valence-corrected chi connectivity index (χ2v) is 5.56. The SMILES string of the molecule is COc1ccc(NC2CCC(C)C(C)C2)c(N)c1. The number of benzene rings is 1. The van der Waals surface area contributed by atoms with Gasteiger partial charge in [-0.05, 0) is 43.2 Å². The molecule has 3 heteroatoms. The summed E-state index contributed by atoms with van der Waals surface area (Å²) in [5.74, 6) is 2.44. The van der Waals surface area contributed by atoms with Crippen LogP contribution < -0.4 is 15.8 Å². The van der Waals surface area contributed by atoms with Gasteiger partial charge in [-0.2, -0.15) is 0 Å². The lowest BCUT2D eigenvalue weighted by atomic mass is 9.79. The minimum absolute atomic E-state index is 0.548. The zero-order valence-electron chi connectivity index (χ0n) is 11.6. The largest absolute Gasteiger partial charge is 0.497 e. The minimum atomic E-state index is 0.548. The first kappa shape index (κ1) is 13.1. The number of rotatable bonds is 3. The lowest BCUT2D eigenvalue weighted by molar-refractivity contribution is 0.261. The Kier molecular flexibility index (Phi) is 4.00. The summed E-state index contributed by atoms with van der Waals surface area (Å²) in [6.07, 6.45) is 3.76. The fraction of sp³-hybridized carbons (Fsp3) is 0.600. The summed E-state index contributed by atoms with van der Waals surface area (Å²) in [5.41, 5.74) is 7.83. The van der Waals surface area contributed by atoms with E-state index in [1.54, 1.807) is 7.11 Å². The fourth-order valence-corrected chi connectivity index (χ4v) is 2.70. The first-order valence-electron chi connectivity index (χ1n) is 6.80. The molecule has 0 heterocycles. The topological polar surface area (TPSA) is 47.3 Å². The van der Waals surface area contributed by atoms with E-state index in [9.17, 15) is 0 Å². The summed E-state index contributed by atoms with van der Waals surface area (Å²) in [6.45, 7) is 4.69. The lowest BCUT2D eigenvalue weighted by Crippen LogP contribution is -2.30. The van der Waals surface area contributed by atoms with Gasteiger partial charge in [-0.3, -0.25) is 0 Å². The van der Waals surface area contributed by atoms with Crippen molar-refractivity contribution in [3.05, 3.63) is 18.2 Å². The van der Waals surface area contributed by atoms with Gasteiger partial charge in [-0.25, -0.2) is 0 Å². The average Bonchev–Trinajstić information content (AvgIpc) is 2.36. The third-order valence-electron chi connectivity index (χ3n) is 4.22. The van der Waals surface area contributed by atoms with E-state index in [4.69, 9.17) is 10.5 Å². The van der Waals surface area contributed by atoms with Crippen LogP contribution in [0.1, 0.15) is 33.1 Å². The third-order valence-corrected chi connectivity index (χ3v) is 4.22. The molecular formula is C15H24N2O. The molecule has 0 aromatic heterocycles. The number of nitrogens with two attached hydrogens (primary N) is 1. The van der Waals surface area contributed by atoms with Crippen molar-refractivity contribution in [2.45, 2.75) is 39.2 Å². The van der Waals surface area contributed by atoms with Crippen molar-refractivity contribution < 1.29 is 4.74 Å². The quantitative estimate of drug-likeness (QED) is 0.805. The number of anilines is 2. The van der Waals surface area contributed by atoms with Crippen molar-refractivity contribution in [3.63, 3.8) is 0 Å². The summed E-state index contributed by atoms with van der Waals surface area (Å²) in [4.78, 5) is 0. The molecule has 1 aromatic rings. The highest BCUT2D eigenvalue weighted by atomic mass is 16.5. The van der Waals surface area contributed by atoms with E-state index < -0.39 is 0 Å². The molecule has 0 bridgehead atoms. The number of hydrogen-bond donors (Lipinski definition) is 2. The maximum atomic E-state index is 6.03. The van der Waals surface area contributed by atoms with Gasteiger partial charge in [0.1, 0.15) is 5.75 Å². The summed E-state index contributed by atoms with van der Waals surface area (Å²) in [5, 5.41) is 3.57. The first-order valence-corrected chi connectivity index (χ1v) is 6.80. The highest BCUT2D eigenvalue weighted by Crippen LogP contribution is 2.32. The Morgan fingerprint density at radius 2 is 2.00 bits per heavy atom. The number of nitrogens with one attached hydrogen (secondary N) is 1. The van der Waals surface area contributed by atoms with Crippen molar-refractivity contribution in [1.82, 2.24) is 0 Å². The standard InChI is InChI=1S/C15H24N2O/c1-10-4-5-12(8-11(10)2)17-15-7-6-13(18-3)9-14(15)16/h6-7,9-12,17H,4-5,8,16H2,1-3H3. The van der Waals surface area contributed by atoms with Crippen LogP contribution in [0.3, 0.4) is 0 Å². The maximum Gasteiger partial charge on any atom is 0.121 e.